The van der Waals surface area contributed by atoms with Gasteiger partial charge in [-0.15, -0.1) is 0 Å². The summed E-state index contributed by atoms with van der Waals surface area (Å²) in [4.78, 5) is 12.6. The number of nitrogens with one attached hydrogen (secondary N) is 1. The Labute approximate surface area is 170 Å². The largest absolute Gasteiger partial charge is 0.393 e. The highest BCUT2D eigenvalue weighted by Gasteiger charge is 2.30. The minimum atomic E-state index is -3.98. The van der Waals surface area contributed by atoms with Gasteiger partial charge < -0.3 is 10.0 Å². The van der Waals surface area contributed by atoms with Crippen molar-refractivity contribution in [2.24, 2.45) is 5.92 Å². The molecule has 0 aliphatic heterocycles. The summed E-state index contributed by atoms with van der Waals surface area (Å²) in [6.45, 7) is 4.27. The fourth-order valence-electron chi connectivity index (χ4n) is 3.61. The molecular formula is C20H25N3O5S. The van der Waals surface area contributed by atoms with Crippen LogP contribution in [0.2, 0.25) is 0 Å². The van der Waals surface area contributed by atoms with Crippen LogP contribution in [0, 0.1) is 29.9 Å². The Bertz CT molecular complexity index is 1030. The third kappa shape index (κ3) is 4.68. The van der Waals surface area contributed by atoms with E-state index < -0.39 is 14.9 Å². The van der Waals surface area contributed by atoms with Crippen LogP contribution in [0.5, 0.6) is 0 Å². The van der Waals surface area contributed by atoms with Crippen LogP contribution in [0.4, 0.5) is 17.1 Å². The number of aliphatic hydroxyl groups excluding tert-OH is 1. The predicted octanol–water partition coefficient (Wildman–Crippen LogP) is 3.22. The molecule has 0 amide bonds. The van der Waals surface area contributed by atoms with Gasteiger partial charge in [0.2, 0.25) is 0 Å². The smallest absolute Gasteiger partial charge is 0.293 e. The number of hydrogen-bond donors (Lipinski definition) is 2. The molecule has 9 heteroatoms. The predicted molar refractivity (Wildman–Crippen MR) is 112 cm³/mol. The van der Waals surface area contributed by atoms with Gasteiger partial charge in [-0.3, -0.25) is 14.8 Å². The molecule has 0 spiro atoms. The molecule has 2 aromatic carbocycles. The van der Waals surface area contributed by atoms with Gasteiger partial charge in [0.15, 0.2) is 0 Å². The van der Waals surface area contributed by atoms with Crippen LogP contribution >= 0.6 is 0 Å². The molecule has 3 rings (SSSR count). The number of nitro groups is 1. The molecule has 1 aliphatic rings. The van der Waals surface area contributed by atoms with Crippen molar-refractivity contribution in [3.8, 4) is 0 Å². The van der Waals surface area contributed by atoms with Gasteiger partial charge in [-0.05, 0) is 56.4 Å². The monoisotopic (exact) mass is 419 g/mol. The van der Waals surface area contributed by atoms with Crippen molar-refractivity contribution < 1.29 is 18.4 Å². The van der Waals surface area contributed by atoms with E-state index in [4.69, 9.17) is 0 Å². The number of aliphatic hydroxyl groups is 1. The summed E-state index contributed by atoms with van der Waals surface area (Å²) in [6.07, 6.45) is 1.04. The molecule has 1 fully saturated rings. The molecule has 2 aromatic rings. The second kappa shape index (κ2) is 8.00. The molecule has 0 saturated heterocycles. The Morgan fingerprint density at radius 2 is 1.90 bits per heavy atom. The van der Waals surface area contributed by atoms with Crippen LogP contribution in [0.1, 0.15) is 24.0 Å². The van der Waals surface area contributed by atoms with E-state index in [0.29, 0.717) is 30.8 Å². The normalized spacial score (nSPS) is 18.8. The second-order valence-electron chi connectivity index (χ2n) is 7.70. The summed E-state index contributed by atoms with van der Waals surface area (Å²) < 4.78 is 28.1. The molecule has 1 aliphatic carbocycles. The number of benzene rings is 2. The zero-order chi connectivity index (χ0) is 21.3. The molecule has 0 heterocycles. The lowest BCUT2D eigenvalue weighted by Gasteiger charge is -2.35. The lowest BCUT2D eigenvalue weighted by molar-refractivity contribution is -0.384. The highest BCUT2D eigenvalue weighted by Crippen LogP contribution is 2.34. The van der Waals surface area contributed by atoms with Crippen LogP contribution in [0.3, 0.4) is 0 Å². The van der Waals surface area contributed by atoms with Gasteiger partial charge in [-0.1, -0.05) is 17.7 Å². The first-order valence-corrected chi connectivity index (χ1v) is 10.8. The number of anilines is 2. The quantitative estimate of drug-likeness (QED) is 0.526. The highest BCUT2D eigenvalue weighted by molar-refractivity contribution is 7.92. The van der Waals surface area contributed by atoms with E-state index >= 15 is 0 Å². The van der Waals surface area contributed by atoms with Gasteiger partial charge in [-0.25, -0.2) is 8.42 Å². The Kier molecular flexibility index (Phi) is 5.81. The first-order valence-electron chi connectivity index (χ1n) is 9.34. The fraction of sp³-hybridized carbons (Fsp3) is 0.400. The Hall–Kier alpha value is -2.65. The van der Waals surface area contributed by atoms with Crippen LogP contribution in [0.25, 0.3) is 0 Å². The van der Waals surface area contributed by atoms with E-state index in [9.17, 15) is 23.6 Å². The van der Waals surface area contributed by atoms with E-state index in [0.717, 1.165) is 17.2 Å². The van der Waals surface area contributed by atoms with Crippen molar-refractivity contribution in [3.63, 3.8) is 0 Å². The van der Waals surface area contributed by atoms with Crippen molar-refractivity contribution in [1.29, 1.82) is 0 Å². The average Bonchev–Trinajstić information content (AvgIpc) is 2.62. The number of aryl methyl sites for hydroxylation is 2. The summed E-state index contributed by atoms with van der Waals surface area (Å²) in [5.74, 6) is 0.268. The van der Waals surface area contributed by atoms with Gasteiger partial charge in [0.1, 0.15) is 5.69 Å². The Morgan fingerprint density at radius 1 is 1.21 bits per heavy atom. The molecule has 8 nitrogen and oxygen atoms in total. The second-order valence-corrected chi connectivity index (χ2v) is 9.39. The van der Waals surface area contributed by atoms with Crippen molar-refractivity contribution in [1.82, 2.24) is 0 Å². The maximum atomic E-state index is 12.8. The summed E-state index contributed by atoms with van der Waals surface area (Å²) in [5.41, 5.74) is 2.29. The molecule has 0 radical (unpaired) electrons. The first-order chi connectivity index (χ1) is 13.6. The summed E-state index contributed by atoms with van der Waals surface area (Å²) in [5, 5.41) is 21.0. The lowest BCUT2D eigenvalue weighted by atomic mass is 9.82. The summed E-state index contributed by atoms with van der Waals surface area (Å²) >= 11 is 0. The van der Waals surface area contributed by atoms with E-state index in [1.54, 1.807) is 31.0 Å². The fourth-order valence-corrected chi connectivity index (χ4v) is 4.76. The van der Waals surface area contributed by atoms with Crippen LogP contribution in [0.15, 0.2) is 41.3 Å². The van der Waals surface area contributed by atoms with Crippen molar-refractivity contribution in [2.75, 3.05) is 23.2 Å². The van der Waals surface area contributed by atoms with Crippen molar-refractivity contribution in [3.05, 3.63) is 57.6 Å². The van der Waals surface area contributed by atoms with Gasteiger partial charge >= 0.3 is 0 Å². The lowest BCUT2D eigenvalue weighted by Crippen LogP contribution is -2.37. The van der Waals surface area contributed by atoms with E-state index in [2.05, 4.69) is 4.72 Å². The number of rotatable bonds is 7. The minimum Gasteiger partial charge on any atom is -0.393 e. The average molecular weight is 420 g/mol. The third-order valence-corrected chi connectivity index (χ3v) is 6.60. The Balaban J connectivity index is 1.87. The van der Waals surface area contributed by atoms with E-state index in [1.165, 1.54) is 12.1 Å². The molecule has 1 saturated carbocycles. The van der Waals surface area contributed by atoms with E-state index in [1.807, 2.05) is 13.0 Å². The maximum absolute atomic E-state index is 12.8. The maximum Gasteiger partial charge on any atom is 0.293 e. The first kappa shape index (κ1) is 21.1. The molecule has 29 heavy (non-hydrogen) atoms. The number of sulfonamides is 1. The van der Waals surface area contributed by atoms with Crippen molar-refractivity contribution in [2.45, 2.75) is 37.7 Å². The molecule has 0 unspecified atom stereocenters. The third-order valence-electron chi connectivity index (χ3n) is 5.23. The van der Waals surface area contributed by atoms with E-state index in [-0.39, 0.29) is 22.6 Å². The van der Waals surface area contributed by atoms with Gasteiger partial charge in [0.25, 0.3) is 15.7 Å². The topological polar surface area (TPSA) is 113 Å². The van der Waals surface area contributed by atoms with Crippen molar-refractivity contribution >= 4 is 27.1 Å². The highest BCUT2D eigenvalue weighted by atomic mass is 32.2. The van der Waals surface area contributed by atoms with Crippen LogP contribution < -0.4 is 9.62 Å². The molecule has 0 bridgehead atoms. The summed E-state index contributed by atoms with van der Waals surface area (Å²) in [6, 6.07) is 9.25. The van der Waals surface area contributed by atoms with Crippen LogP contribution in [-0.2, 0) is 10.0 Å². The number of nitrogens with zero attached hydrogens (tertiary/aromatic N) is 2. The Morgan fingerprint density at radius 3 is 2.48 bits per heavy atom. The molecule has 2 N–H and O–H groups in total. The summed E-state index contributed by atoms with van der Waals surface area (Å²) in [7, 11) is -2.25. The molecule has 0 atom stereocenters. The van der Waals surface area contributed by atoms with Gasteiger partial charge in [0.05, 0.1) is 21.6 Å². The van der Waals surface area contributed by atoms with Gasteiger partial charge in [0, 0.05) is 19.7 Å². The minimum absolute atomic E-state index is 0.166. The number of hydrogen-bond acceptors (Lipinski definition) is 6. The molecule has 156 valence electrons. The zero-order valence-electron chi connectivity index (χ0n) is 16.6. The number of nitro benzene ring substituents is 1. The van der Waals surface area contributed by atoms with Gasteiger partial charge in [-0.2, -0.15) is 0 Å². The SMILES string of the molecule is Cc1ccc(NS(=O)(=O)c2ccc(N(C)CC3CC(O)C3)c([N+](=O)[O-])c2)c(C)c1. The standard InChI is InChI=1S/C20H25N3O5S/c1-13-4-6-18(14(2)8-13)21-29(27,28)17-5-7-19(20(11-17)23(25)26)22(3)12-15-9-16(24)10-15/h4-8,11,15-16,21,24H,9-10,12H2,1-3H3. The molecule has 0 aromatic heterocycles. The van der Waals surface area contributed by atoms with Crippen LogP contribution in [-0.4, -0.2) is 38.1 Å². The zero-order valence-corrected chi connectivity index (χ0v) is 17.4. The molecular weight excluding hydrogens is 394 g/mol.